The molecule has 1 unspecified atom stereocenters. The molecule has 1 aliphatic heterocycles. The molecule has 1 heterocycles. The third kappa shape index (κ3) is 11.5. The van der Waals surface area contributed by atoms with Crippen molar-refractivity contribution in [2.75, 3.05) is 20.1 Å². The summed E-state index contributed by atoms with van der Waals surface area (Å²) in [6, 6.07) is 10.1. The highest BCUT2D eigenvalue weighted by Gasteiger charge is 2.31. The second kappa shape index (κ2) is 17.1. The molecule has 198 valence electrons. The Labute approximate surface area is 222 Å². The van der Waals surface area contributed by atoms with Crippen molar-refractivity contribution in [3.63, 3.8) is 0 Å². The average molecular weight is 490 g/mol. The van der Waals surface area contributed by atoms with E-state index in [1.807, 2.05) is 31.3 Å². The monoisotopic (exact) mass is 489 g/mol. The molecule has 1 aromatic carbocycles. The van der Waals surface area contributed by atoms with Crippen LogP contribution in [0.4, 0.5) is 0 Å². The fraction of sp³-hybridized carbons (Fsp3) is 0.576. The SMILES string of the molecule is C=C(C)C(C=NC)=C(C)C.C=C(C)[C@@H]1CN(Cc2cccc(C#N)c2)CC1CC.CC1CCCCC1. The molecule has 2 fully saturated rings. The Morgan fingerprint density at radius 1 is 1.11 bits per heavy atom. The van der Waals surface area contributed by atoms with Gasteiger partial charge in [-0.1, -0.05) is 88.8 Å². The number of hydrogen-bond donors (Lipinski definition) is 0. The first-order valence-corrected chi connectivity index (χ1v) is 13.7. The summed E-state index contributed by atoms with van der Waals surface area (Å²) in [5.41, 5.74) is 6.78. The van der Waals surface area contributed by atoms with Crippen molar-refractivity contribution < 1.29 is 0 Å². The number of allylic oxidation sites excluding steroid dienone is 3. The first kappa shape index (κ1) is 31.6. The highest BCUT2D eigenvalue weighted by molar-refractivity contribution is 5.84. The maximum absolute atomic E-state index is 8.94. The number of hydrogen-bond acceptors (Lipinski definition) is 3. The Morgan fingerprint density at radius 2 is 1.78 bits per heavy atom. The fourth-order valence-corrected chi connectivity index (χ4v) is 5.16. The van der Waals surface area contributed by atoms with Gasteiger partial charge >= 0.3 is 0 Å². The van der Waals surface area contributed by atoms with Gasteiger partial charge in [-0.05, 0) is 74.3 Å². The van der Waals surface area contributed by atoms with Gasteiger partial charge < -0.3 is 0 Å². The Hall–Kier alpha value is -2.44. The van der Waals surface area contributed by atoms with Crippen LogP contribution in [0.15, 0.2) is 64.7 Å². The summed E-state index contributed by atoms with van der Waals surface area (Å²) in [7, 11) is 1.77. The number of likely N-dealkylation sites (tertiary alicyclic amines) is 1. The zero-order valence-corrected chi connectivity index (χ0v) is 24.2. The molecule has 1 saturated heterocycles. The first-order valence-electron chi connectivity index (χ1n) is 13.7. The lowest BCUT2D eigenvalue weighted by Gasteiger charge is -2.16. The van der Waals surface area contributed by atoms with Crippen LogP contribution in [0.3, 0.4) is 0 Å². The van der Waals surface area contributed by atoms with Gasteiger partial charge in [-0.15, -0.1) is 0 Å². The minimum Gasteiger partial charge on any atom is -0.298 e. The number of aliphatic imine (C=N–C) groups is 1. The van der Waals surface area contributed by atoms with Crippen LogP contribution in [0, 0.1) is 29.1 Å². The Kier molecular flexibility index (Phi) is 15.0. The standard InChI is InChI=1S/C17H22N2.C9H15N.C7H14/c1-4-16-11-19(12-17(16)13(2)3)10-15-7-5-6-14(8-15)9-18;1-7(2)9(6-10-5)8(3)4;1-7-5-3-2-4-6-7/h5-8,16-17H,2,4,10-12H2,1,3H3;6H,1H2,2-5H3;7H,2-6H2,1H3/t16?,17-;;/m0../s1. The molecular weight excluding hydrogens is 438 g/mol. The summed E-state index contributed by atoms with van der Waals surface area (Å²) in [5, 5.41) is 8.94. The van der Waals surface area contributed by atoms with Gasteiger partial charge in [0.15, 0.2) is 0 Å². The lowest BCUT2D eigenvalue weighted by molar-refractivity contribution is 0.314. The lowest BCUT2D eigenvalue weighted by atomic mass is 9.89. The van der Waals surface area contributed by atoms with E-state index in [4.69, 9.17) is 5.26 Å². The molecule has 1 aliphatic carbocycles. The predicted molar refractivity (Wildman–Crippen MR) is 158 cm³/mol. The zero-order valence-electron chi connectivity index (χ0n) is 24.2. The number of nitrogens with zero attached hydrogens (tertiary/aromatic N) is 3. The Bertz CT molecular complexity index is 920. The van der Waals surface area contributed by atoms with Crippen molar-refractivity contribution in [3.8, 4) is 6.07 Å². The van der Waals surface area contributed by atoms with E-state index in [0.717, 1.165) is 48.2 Å². The molecule has 0 N–H and O–H groups in total. The molecular formula is C33H51N3. The summed E-state index contributed by atoms with van der Waals surface area (Å²) in [6.07, 6.45) is 10.5. The van der Waals surface area contributed by atoms with E-state index in [2.05, 4.69) is 69.8 Å². The normalized spacial score (nSPS) is 19.9. The van der Waals surface area contributed by atoms with Gasteiger partial charge in [-0.2, -0.15) is 5.26 Å². The molecule has 0 spiro atoms. The van der Waals surface area contributed by atoms with Gasteiger partial charge in [0.05, 0.1) is 11.6 Å². The molecule has 1 saturated carbocycles. The van der Waals surface area contributed by atoms with E-state index in [1.54, 1.807) is 7.05 Å². The number of benzene rings is 1. The van der Waals surface area contributed by atoms with Crippen LogP contribution in [-0.4, -0.2) is 31.3 Å². The van der Waals surface area contributed by atoms with Gasteiger partial charge in [0.25, 0.3) is 0 Å². The van der Waals surface area contributed by atoms with Crippen LogP contribution in [0.1, 0.15) is 91.2 Å². The van der Waals surface area contributed by atoms with Gasteiger partial charge in [0.1, 0.15) is 0 Å². The van der Waals surface area contributed by atoms with Crippen molar-refractivity contribution in [3.05, 3.63) is 70.8 Å². The van der Waals surface area contributed by atoms with E-state index in [0.29, 0.717) is 5.92 Å². The second-order valence-corrected chi connectivity index (χ2v) is 11.0. The summed E-state index contributed by atoms with van der Waals surface area (Å²) in [4.78, 5) is 6.42. The van der Waals surface area contributed by atoms with E-state index in [1.165, 1.54) is 55.2 Å². The molecule has 3 nitrogen and oxygen atoms in total. The zero-order chi connectivity index (χ0) is 27.1. The van der Waals surface area contributed by atoms with Crippen molar-refractivity contribution >= 4 is 6.21 Å². The molecule has 1 aromatic rings. The molecule has 0 amide bonds. The van der Waals surface area contributed by atoms with Crippen LogP contribution in [0.2, 0.25) is 0 Å². The minimum atomic E-state index is 0.629. The van der Waals surface area contributed by atoms with Crippen LogP contribution < -0.4 is 0 Å². The highest BCUT2D eigenvalue weighted by atomic mass is 15.2. The molecule has 3 heteroatoms. The van der Waals surface area contributed by atoms with Gasteiger partial charge in [0, 0.05) is 32.9 Å². The first-order chi connectivity index (χ1) is 17.1. The number of rotatable bonds is 6. The molecule has 0 aromatic heterocycles. The minimum absolute atomic E-state index is 0.629. The quantitative estimate of drug-likeness (QED) is 0.227. The summed E-state index contributed by atoms with van der Waals surface area (Å²) in [6.45, 7) is 24.0. The predicted octanol–water partition coefficient (Wildman–Crippen LogP) is 8.78. The average Bonchev–Trinajstić information content (AvgIpc) is 3.26. The third-order valence-electron chi connectivity index (χ3n) is 7.29. The van der Waals surface area contributed by atoms with E-state index >= 15 is 0 Å². The van der Waals surface area contributed by atoms with Gasteiger partial charge in [-0.3, -0.25) is 9.89 Å². The summed E-state index contributed by atoms with van der Waals surface area (Å²) < 4.78 is 0. The van der Waals surface area contributed by atoms with E-state index in [-0.39, 0.29) is 0 Å². The van der Waals surface area contributed by atoms with Crippen molar-refractivity contribution in [2.24, 2.45) is 22.7 Å². The van der Waals surface area contributed by atoms with E-state index < -0.39 is 0 Å². The number of nitriles is 1. The topological polar surface area (TPSA) is 39.4 Å². The largest absolute Gasteiger partial charge is 0.298 e. The van der Waals surface area contributed by atoms with Gasteiger partial charge in [-0.25, -0.2) is 0 Å². The van der Waals surface area contributed by atoms with Crippen LogP contribution >= 0.6 is 0 Å². The van der Waals surface area contributed by atoms with Crippen molar-refractivity contribution in [1.29, 1.82) is 5.26 Å². The summed E-state index contributed by atoms with van der Waals surface area (Å²) in [5.74, 6) is 2.40. The fourth-order valence-electron chi connectivity index (χ4n) is 5.16. The van der Waals surface area contributed by atoms with Crippen molar-refractivity contribution in [1.82, 2.24) is 4.90 Å². The van der Waals surface area contributed by atoms with E-state index in [9.17, 15) is 0 Å². The van der Waals surface area contributed by atoms with Crippen LogP contribution in [0.5, 0.6) is 0 Å². The molecule has 0 bridgehead atoms. The van der Waals surface area contributed by atoms with Gasteiger partial charge in [0.2, 0.25) is 0 Å². The summed E-state index contributed by atoms with van der Waals surface area (Å²) >= 11 is 0. The maximum atomic E-state index is 8.94. The maximum Gasteiger partial charge on any atom is 0.0991 e. The Morgan fingerprint density at radius 3 is 2.17 bits per heavy atom. The molecule has 36 heavy (non-hydrogen) atoms. The third-order valence-corrected chi connectivity index (χ3v) is 7.29. The molecule has 3 rings (SSSR count). The molecule has 2 aliphatic rings. The van der Waals surface area contributed by atoms with Crippen LogP contribution in [-0.2, 0) is 6.54 Å². The smallest absolute Gasteiger partial charge is 0.0991 e. The molecule has 0 radical (unpaired) electrons. The molecule has 2 atom stereocenters. The van der Waals surface area contributed by atoms with Crippen LogP contribution in [0.25, 0.3) is 0 Å². The highest BCUT2D eigenvalue weighted by Crippen LogP contribution is 2.31. The van der Waals surface area contributed by atoms with Crippen molar-refractivity contribution in [2.45, 2.75) is 86.6 Å². The second-order valence-electron chi connectivity index (χ2n) is 11.0. The Balaban J connectivity index is 0.000000318. The lowest BCUT2D eigenvalue weighted by Crippen LogP contribution is -2.20.